The number of carbonyl (C=O) groups excluding carboxylic acids is 1. The normalized spacial score (nSPS) is 18.3. The van der Waals surface area contributed by atoms with E-state index in [4.69, 9.17) is 5.73 Å². The molecule has 0 radical (unpaired) electrons. The molecule has 0 aromatic heterocycles. The lowest BCUT2D eigenvalue weighted by Gasteiger charge is -2.37. The highest BCUT2D eigenvalue weighted by atomic mass is 35.5. The fraction of sp³-hybridized carbons (Fsp3) is 0.944. The number of nitrogens with one attached hydrogen (secondary N) is 1. The van der Waals surface area contributed by atoms with Gasteiger partial charge in [-0.3, -0.25) is 4.79 Å². The number of rotatable bonds is 7. The highest BCUT2D eigenvalue weighted by molar-refractivity contribution is 5.85. The largest absolute Gasteiger partial charge is 0.353 e. The highest BCUT2D eigenvalue weighted by Gasteiger charge is 2.34. The molecule has 6 heteroatoms. The van der Waals surface area contributed by atoms with E-state index in [0.717, 1.165) is 25.8 Å². The van der Waals surface area contributed by atoms with Gasteiger partial charge in [-0.25, -0.2) is 0 Å². The van der Waals surface area contributed by atoms with Crippen LogP contribution in [0, 0.1) is 10.8 Å². The average molecular weight is 384 g/mol. The van der Waals surface area contributed by atoms with E-state index in [1.807, 2.05) is 0 Å². The summed E-state index contributed by atoms with van der Waals surface area (Å²) in [5, 5.41) is 3.30. The highest BCUT2D eigenvalue weighted by Crippen LogP contribution is 2.38. The molecular weight excluding hydrogens is 345 g/mol. The number of amides is 1. The Hall–Kier alpha value is -0.0300. The van der Waals surface area contributed by atoms with Crippen LogP contribution in [0.3, 0.4) is 0 Å². The molecule has 1 amide bonds. The van der Waals surface area contributed by atoms with E-state index < -0.39 is 0 Å². The first-order chi connectivity index (χ1) is 10.2. The van der Waals surface area contributed by atoms with Gasteiger partial charge in [-0.05, 0) is 57.3 Å². The van der Waals surface area contributed by atoms with Crippen LogP contribution in [0.25, 0.3) is 0 Å². The molecule has 146 valence electrons. The standard InChI is InChI=1S/C18H37N3O.2ClH/c1-17(2,3)15(9-12-21(4)5)20-16(22)13-18(14-19)10-7-6-8-11-18;;/h15H,6-14,19H2,1-5H3,(H,20,22);2*1H. The van der Waals surface area contributed by atoms with E-state index in [-0.39, 0.29) is 47.6 Å². The third-order valence-corrected chi connectivity index (χ3v) is 5.13. The smallest absolute Gasteiger partial charge is 0.220 e. The summed E-state index contributed by atoms with van der Waals surface area (Å²) in [5.74, 6) is 0.186. The van der Waals surface area contributed by atoms with Crippen molar-refractivity contribution < 1.29 is 4.79 Å². The van der Waals surface area contributed by atoms with Crippen molar-refractivity contribution in [1.82, 2.24) is 10.2 Å². The quantitative estimate of drug-likeness (QED) is 0.705. The van der Waals surface area contributed by atoms with Crippen LogP contribution in [-0.4, -0.2) is 44.0 Å². The Balaban J connectivity index is 0. The third kappa shape index (κ3) is 8.89. The van der Waals surface area contributed by atoms with Gasteiger partial charge >= 0.3 is 0 Å². The molecule has 1 unspecified atom stereocenters. The van der Waals surface area contributed by atoms with Crippen LogP contribution in [0.15, 0.2) is 0 Å². The second-order valence-electron chi connectivity index (χ2n) is 8.52. The van der Waals surface area contributed by atoms with Crippen molar-refractivity contribution in [2.45, 2.75) is 71.8 Å². The molecule has 24 heavy (non-hydrogen) atoms. The molecule has 0 heterocycles. The zero-order chi connectivity index (χ0) is 16.8. The van der Waals surface area contributed by atoms with E-state index in [1.54, 1.807) is 0 Å². The van der Waals surface area contributed by atoms with Crippen molar-refractivity contribution >= 4 is 30.7 Å². The van der Waals surface area contributed by atoms with Gasteiger partial charge in [-0.2, -0.15) is 0 Å². The van der Waals surface area contributed by atoms with Crippen LogP contribution in [0.1, 0.15) is 65.7 Å². The fourth-order valence-corrected chi connectivity index (χ4v) is 3.45. The van der Waals surface area contributed by atoms with E-state index >= 15 is 0 Å². The number of halogens is 2. The SMILES string of the molecule is CN(C)CCC(NC(=O)CC1(CN)CCCCC1)C(C)(C)C.Cl.Cl. The molecule has 0 aromatic rings. The van der Waals surface area contributed by atoms with Crippen LogP contribution in [0.2, 0.25) is 0 Å². The molecule has 1 atom stereocenters. The number of hydrogen-bond acceptors (Lipinski definition) is 3. The monoisotopic (exact) mass is 383 g/mol. The van der Waals surface area contributed by atoms with Gasteiger partial charge in [0.2, 0.25) is 5.91 Å². The van der Waals surface area contributed by atoms with E-state index in [1.165, 1.54) is 19.3 Å². The molecule has 0 saturated heterocycles. The molecule has 0 spiro atoms. The molecule has 4 nitrogen and oxygen atoms in total. The Morgan fingerprint density at radius 2 is 1.71 bits per heavy atom. The van der Waals surface area contributed by atoms with E-state index in [2.05, 4.69) is 45.1 Å². The zero-order valence-corrected chi connectivity index (χ0v) is 17.8. The maximum Gasteiger partial charge on any atom is 0.220 e. The first-order valence-corrected chi connectivity index (χ1v) is 8.83. The summed E-state index contributed by atoms with van der Waals surface area (Å²) in [6.07, 6.45) is 7.51. The lowest BCUT2D eigenvalue weighted by atomic mass is 9.71. The van der Waals surface area contributed by atoms with Crippen LogP contribution in [-0.2, 0) is 4.79 Å². The summed E-state index contributed by atoms with van der Waals surface area (Å²) < 4.78 is 0. The summed E-state index contributed by atoms with van der Waals surface area (Å²) in [5.41, 5.74) is 6.14. The molecule has 0 aliphatic heterocycles. The van der Waals surface area contributed by atoms with E-state index in [9.17, 15) is 4.79 Å². The lowest BCUT2D eigenvalue weighted by molar-refractivity contribution is -0.125. The minimum absolute atomic E-state index is 0. The Kier molecular flexibility index (Phi) is 12.6. The predicted octanol–water partition coefficient (Wildman–Crippen LogP) is 3.61. The van der Waals surface area contributed by atoms with Crippen LogP contribution < -0.4 is 11.1 Å². The fourth-order valence-electron chi connectivity index (χ4n) is 3.45. The molecule has 1 aliphatic rings. The van der Waals surface area contributed by atoms with Gasteiger partial charge in [0.05, 0.1) is 0 Å². The topological polar surface area (TPSA) is 58.4 Å². The molecular formula is C18H39Cl2N3O. The maximum absolute atomic E-state index is 12.6. The summed E-state index contributed by atoms with van der Waals surface area (Å²) in [4.78, 5) is 14.8. The summed E-state index contributed by atoms with van der Waals surface area (Å²) in [6.45, 7) is 8.23. The van der Waals surface area contributed by atoms with Gasteiger partial charge in [-0.15, -0.1) is 24.8 Å². The van der Waals surface area contributed by atoms with Gasteiger partial charge in [0.15, 0.2) is 0 Å². The maximum atomic E-state index is 12.6. The average Bonchev–Trinajstić information content (AvgIpc) is 2.43. The summed E-state index contributed by atoms with van der Waals surface area (Å²) in [6, 6.07) is 0.209. The molecule has 1 fully saturated rings. The van der Waals surface area contributed by atoms with Gasteiger partial charge in [-0.1, -0.05) is 40.0 Å². The first-order valence-electron chi connectivity index (χ1n) is 8.83. The molecule has 0 aromatic carbocycles. The lowest BCUT2D eigenvalue weighted by Crippen LogP contribution is -2.47. The molecule has 3 N–H and O–H groups in total. The minimum Gasteiger partial charge on any atom is -0.353 e. The van der Waals surface area contributed by atoms with E-state index in [0.29, 0.717) is 13.0 Å². The van der Waals surface area contributed by atoms with Crippen molar-refractivity contribution in [3.63, 3.8) is 0 Å². The van der Waals surface area contributed by atoms with Crippen molar-refractivity contribution in [3.05, 3.63) is 0 Å². The third-order valence-electron chi connectivity index (χ3n) is 5.13. The first kappa shape index (κ1) is 26.2. The Morgan fingerprint density at radius 1 is 1.17 bits per heavy atom. The van der Waals surface area contributed by atoms with Gasteiger partial charge in [0.1, 0.15) is 0 Å². The number of carbonyl (C=O) groups is 1. The van der Waals surface area contributed by atoms with Crippen molar-refractivity contribution in [2.75, 3.05) is 27.2 Å². The second kappa shape index (κ2) is 11.6. The summed E-state index contributed by atoms with van der Waals surface area (Å²) >= 11 is 0. The van der Waals surface area contributed by atoms with Crippen LogP contribution >= 0.6 is 24.8 Å². The molecule has 1 saturated carbocycles. The summed E-state index contributed by atoms with van der Waals surface area (Å²) in [7, 11) is 4.15. The molecule has 1 aliphatic carbocycles. The van der Waals surface area contributed by atoms with Crippen molar-refractivity contribution in [2.24, 2.45) is 16.6 Å². The van der Waals surface area contributed by atoms with Gasteiger partial charge in [0, 0.05) is 12.5 Å². The van der Waals surface area contributed by atoms with Crippen molar-refractivity contribution in [3.8, 4) is 0 Å². The van der Waals surface area contributed by atoms with Gasteiger partial charge < -0.3 is 16.0 Å². The Bertz CT molecular complexity index is 351. The number of hydrogen-bond donors (Lipinski definition) is 2. The minimum atomic E-state index is 0. The number of nitrogens with zero attached hydrogens (tertiary/aromatic N) is 1. The zero-order valence-electron chi connectivity index (χ0n) is 16.2. The van der Waals surface area contributed by atoms with Crippen molar-refractivity contribution in [1.29, 1.82) is 0 Å². The van der Waals surface area contributed by atoms with Crippen LogP contribution in [0.4, 0.5) is 0 Å². The van der Waals surface area contributed by atoms with Gasteiger partial charge in [0.25, 0.3) is 0 Å². The molecule has 1 rings (SSSR count). The predicted molar refractivity (Wildman–Crippen MR) is 108 cm³/mol. The van der Waals surface area contributed by atoms with Crippen LogP contribution in [0.5, 0.6) is 0 Å². The number of nitrogens with two attached hydrogens (primary N) is 1. The second-order valence-corrected chi connectivity index (χ2v) is 8.52. The molecule has 0 bridgehead atoms. The Morgan fingerprint density at radius 3 is 2.12 bits per heavy atom. The Labute approximate surface area is 161 Å².